The molecule has 3 aromatic rings. The fraction of sp³-hybridized carbons (Fsp3) is 0.269. The first-order chi connectivity index (χ1) is 14.3. The Bertz CT molecular complexity index is 736. The molecule has 29 heavy (non-hydrogen) atoms. The molecule has 0 aromatic heterocycles. The molecule has 0 radical (unpaired) electrons. The van der Waals surface area contributed by atoms with E-state index in [4.69, 9.17) is 4.74 Å². The summed E-state index contributed by atoms with van der Waals surface area (Å²) in [5.74, 6) is -0.107. The van der Waals surface area contributed by atoms with Gasteiger partial charge in [0.2, 0.25) is 0 Å². The van der Waals surface area contributed by atoms with Gasteiger partial charge in [-0.05, 0) is 49.7 Å². The van der Waals surface area contributed by atoms with E-state index in [-0.39, 0.29) is 5.97 Å². The molecule has 3 aromatic carbocycles. The van der Waals surface area contributed by atoms with E-state index in [1.54, 1.807) is 0 Å². The first kappa shape index (κ1) is 22.8. The number of ether oxygens (including phenoxy) is 1. The van der Waals surface area contributed by atoms with Gasteiger partial charge in [-0.2, -0.15) is 0 Å². The van der Waals surface area contributed by atoms with Crippen molar-refractivity contribution in [3.63, 3.8) is 0 Å². The van der Waals surface area contributed by atoms with Gasteiger partial charge in [-0.1, -0.05) is 68.4 Å². The first-order valence-electron chi connectivity index (χ1n) is 10.5. The summed E-state index contributed by atoms with van der Waals surface area (Å²) >= 11 is 0. The second-order valence-corrected chi connectivity index (χ2v) is 10.1. The molecule has 152 valence electrons. The quantitative estimate of drug-likeness (QED) is 0.372. The zero-order valence-corrected chi connectivity index (χ0v) is 18.6. The highest BCUT2D eigenvalue weighted by atomic mass is 31.2. The third kappa shape index (κ3) is 5.78. The standard InChI is InChI=1S/C24H26O2P.C2H6/c1-2-26-24(25)19-12-20-27(21-13-6-3-7-14-21,22-15-8-4-9-16-22)23-17-10-5-11-18-23;1-2/h3-11,13-18H,2,12,19-20H2,1H3;1-2H3/q+1;. The van der Waals surface area contributed by atoms with Crippen LogP contribution in [0.5, 0.6) is 0 Å². The molecular weight excluding hydrogens is 375 g/mol. The zero-order chi connectivity index (χ0) is 21.0. The van der Waals surface area contributed by atoms with Crippen LogP contribution in [0, 0.1) is 0 Å². The normalized spacial score (nSPS) is 10.6. The lowest BCUT2D eigenvalue weighted by Crippen LogP contribution is -2.33. The summed E-state index contributed by atoms with van der Waals surface area (Å²) in [4.78, 5) is 11.9. The van der Waals surface area contributed by atoms with Gasteiger partial charge >= 0.3 is 5.97 Å². The van der Waals surface area contributed by atoms with Gasteiger partial charge < -0.3 is 4.74 Å². The molecule has 0 atom stereocenters. The van der Waals surface area contributed by atoms with Gasteiger partial charge in [0.1, 0.15) is 23.2 Å². The maximum absolute atomic E-state index is 11.9. The number of esters is 1. The molecule has 0 fully saturated rings. The minimum atomic E-state index is -1.84. The molecule has 0 saturated heterocycles. The average Bonchev–Trinajstić information content (AvgIpc) is 2.80. The van der Waals surface area contributed by atoms with Crippen molar-refractivity contribution in [2.75, 3.05) is 12.8 Å². The molecule has 0 bridgehead atoms. The fourth-order valence-electron chi connectivity index (χ4n) is 3.58. The van der Waals surface area contributed by atoms with E-state index in [1.165, 1.54) is 15.9 Å². The number of carbonyl (C=O) groups excluding carboxylic acids is 1. The highest BCUT2D eigenvalue weighted by Crippen LogP contribution is 2.55. The van der Waals surface area contributed by atoms with Gasteiger partial charge in [0, 0.05) is 6.42 Å². The molecule has 0 aliphatic rings. The molecule has 0 spiro atoms. The van der Waals surface area contributed by atoms with Crippen molar-refractivity contribution in [3.05, 3.63) is 91.0 Å². The van der Waals surface area contributed by atoms with Crippen molar-refractivity contribution in [1.82, 2.24) is 0 Å². The van der Waals surface area contributed by atoms with Crippen LogP contribution in [0.25, 0.3) is 0 Å². The first-order valence-corrected chi connectivity index (χ1v) is 12.5. The Morgan fingerprint density at radius 2 is 1.10 bits per heavy atom. The van der Waals surface area contributed by atoms with Crippen molar-refractivity contribution < 1.29 is 9.53 Å². The average molecular weight is 408 g/mol. The summed E-state index contributed by atoms with van der Waals surface area (Å²) in [6, 6.07) is 32.3. The summed E-state index contributed by atoms with van der Waals surface area (Å²) in [5.41, 5.74) is 0. The van der Waals surface area contributed by atoms with Crippen molar-refractivity contribution in [2.45, 2.75) is 33.6 Å². The van der Waals surface area contributed by atoms with E-state index in [1.807, 2.05) is 20.8 Å². The van der Waals surface area contributed by atoms with Crippen LogP contribution in [0.2, 0.25) is 0 Å². The molecule has 3 heteroatoms. The van der Waals surface area contributed by atoms with Gasteiger partial charge in [0.15, 0.2) is 0 Å². The lowest BCUT2D eigenvalue weighted by atomic mass is 10.3. The van der Waals surface area contributed by atoms with Crippen molar-refractivity contribution in [3.8, 4) is 0 Å². The smallest absolute Gasteiger partial charge is 0.305 e. The zero-order valence-electron chi connectivity index (χ0n) is 17.8. The third-order valence-corrected chi connectivity index (χ3v) is 9.30. The molecule has 0 aliphatic heterocycles. The van der Waals surface area contributed by atoms with E-state index in [2.05, 4.69) is 91.0 Å². The molecule has 0 saturated carbocycles. The Kier molecular flexibility index (Phi) is 9.60. The maximum Gasteiger partial charge on any atom is 0.305 e. The molecule has 0 N–H and O–H groups in total. The van der Waals surface area contributed by atoms with E-state index in [0.717, 1.165) is 12.6 Å². The Hall–Kier alpha value is -2.44. The predicted molar refractivity (Wildman–Crippen MR) is 127 cm³/mol. The second kappa shape index (κ2) is 12.2. The number of hydrogen-bond acceptors (Lipinski definition) is 2. The molecule has 2 nitrogen and oxygen atoms in total. The molecular formula is C26H32O2P+. The van der Waals surface area contributed by atoms with Crippen LogP contribution in [0.4, 0.5) is 0 Å². The summed E-state index contributed by atoms with van der Waals surface area (Å²) < 4.78 is 5.15. The van der Waals surface area contributed by atoms with Gasteiger partial charge in [-0.15, -0.1) is 0 Å². The second-order valence-electron chi connectivity index (χ2n) is 6.45. The predicted octanol–water partition coefficient (Wildman–Crippen LogP) is 5.35. The van der Waals surface area contributed by atoms with Crippen LogP contribution in [0.15, 0.2) is 91.0 Å². The Morgan fingerprint density at radius 3 is 1.45 bits per heavy atom. The molecule has 0 unspecified atom stereocenters. The van der Waals surface area contributed by atoms with Crippen LogP contribution >= 0.6 is 7.26 Å². The monoisotopic (exact) mass is 407 g/mol. The fourth-order valence-corrected chi connectivity index (χ4v) is 7.92. The topological polar surface area (TPSA) is 26.3 Å². The minimum Gasteiger partial charge on any atom is -0.466 e. The van der Waals surface area contributed by atoms with Crippen molar-refractivity contribution in [1.29, 1.82) is 0 Å². The summed E-state index contributed by atoms with van der Waals surface area (Å²) in [6.07, 6.45) is 2.22. The summed E-state index contributed by atoms with van der Waals surface area (Å²) in [6.45, 7) is 6.29. The highest BCUT2D eigenvalue weighted by molar-refractivity contribution is 7.95. The SMILES string of the molecule is CC.CCOC(=O)CCC[P+](c1ccccc1)(c1ccccc1)c1ccccc1. The van der Waals surface area contributed by atoms with Crippen LogP contribution in [-0.2, 0) is 9.53 Å². The van der Waals surface area contributed by atoms with Gasteiger partial charge in [0.05, 0.1) is 12.8 Å². The highest BCUT2D eigenvalue weighted by Gasteiger charge is 2.44. The Labute approximate surface area is 176 Å². The summed E-state index contributed by atoms with van der Waals surface area (Å²) in [7, 11) is -1.84. The summed E-state index contributed by atoms with van der Waals surface area (Å²) in [5, 5.41) is 4.06. The minimum absolute atomic E-state index is 0.107. The van der Waals surface area contributed by atoms with Gasteiger partial charge in [-0.25, -0.2) is 0 Å². The van der Waals surface area contributed by atoms with Crippen LogP contribution in [0.1, 0.15) is 33.6 Å². The van der Waals surface area contributed by atoms with Gasteiger partial charge in [-0.3, -0.25) is 4.79 Å². The van der Waals surface area contributed by atoms with E-state index in [0.29, 0.717) is 13.0 Å². The Balaban J connectivity index is 0.00000145. The molecule has 0 aliphatic carbocycles. The van der Waals surface area contributed by atoms with E-state index >= 15 is 0 Å². The molecule has 3 rings (SSSR count). The van der Waals surface area contributed by atoms with Gasteiger partial charge in [0.25, 0.3) is 0 Å². The third-order valence-electron chi connectivity index (χ3n) is 4.77. The van der Waals surface area contributed by atoms with Crippen molar-refractivity contribution in [2.24, 2.45) is 0 Å². The number of benzene rings is 3. The molecule has 0 heterocycles. The number of rotatable bonds is 8. The lowest BCUT2D eigenvalue weighted by Gasteiger charge is -2.27. The van der Waals surface area contributed by atoms with Crippen LogP contribution in [0.3, 0.4) is 0 Å². The number of carbonyl (C=O) groups is 1. The number of hydrogen-bond donors (Lipinski definition) is 0. The Morgan fingerprint density at radius 1 is 0.724 bits per heavy atom. The van der Waals surface area contributed by atoms with Crippen LogP contribution in [-0.4, -0.2) is 18.7 Å². The largest absolute Gasteiger partial charge is 0.466 e. The van der Waals surface area contributed by atoms with Crippen LogP contribution < -0.4 is 15.9 Å². The van der Waals surface area contributed by atoms with E-state index in [9.17, 15) is 4.79 Å². The van der Waals surface area contributed by atoms with E-state index < -0.39 is 7.26 Å². The molecule has 0 amide bonds. The maximum atomic E-state index is 11.9. The van der Waals surface area contributed by atoms with Crippen molar-refractivity contribution >= 4 is 29.1 Å². The lowest BCUT2D eigenvalue weighted by molar-refractivity contribution is -0.143.